The van der Waals surface area contributed by atoms with Crippen molar-refractivity contribution in [1.82, 2.24) is 15.2 Å². The highest BCUT2D eigenvalue weighted by molar-refractivity contribution is 5.78. The van der Waals surface area contributed by atoms with E-state index in [0.717, 1.165) is 16.9 Å². The van der Waals surface area contributed by atoms with Gasteiger partial charge in [0.05, 0.1) is 11.4 Å². The average Bonchev–Trinajstić information content (AvgIpc) is 2.88. The molecule has 3 N–H and O–H groups in total. The maximum atomic E-state index is 5.83. The summed E-state index contributed by atoms with van der Waals surface area (Å²) >= 11 is 0. The normalized spacial score (nSPS) is 11.0. The van der Waals surface area contributed by atoms with E-state index in [2.05, 4.69) is 25.4 Å². The number of hydrogen-bond acceptors (Lipinski definition) is 5. The number of pyridine rings is 1. The van der Waals surface area contributed by atoms with Crippen molar-refractivity contribution in [3.63, 3.8) is 0 Å². The minimum Gasteiger partial charge on any atom is -0.380 e. The summed E-state index contributed by atoms with van der Waals surface area (Å²) in [4.78, 5) is 3.98. The van der Waals surface area contributed by atoms with Crippen LogP contribution < -0.4 is 5.73 Å². The molecule has 1 aromatic carbocycles. The van der Waals surface area contributed by atoms with Gasteiger partial charge in [0.1, 0.15) is 0 Å². The first kappa shape index (κ1) is 12.0. The molecule has 3 rings (SSSR count). The molecule has 0 bridgehead atoms. The summed E-state index contributed by atoms with van der Waals surface area (Å²) in [5.41, 5.74) is 8.75. The van der Waals surface area contributed by atoms with Gasteiger partial charge in [-0.15, -0.1) is 5.11 Å². The Morgan fingerprint density at radius 3 is 2.45 bits per heavy atom. The minimum absolute atomic E-state index is 0.316. The molecule has 0 amide bonds. The first-order valence-corrected chi connectivity index (χ1v) is 6.05. The van der Waals surface area contributed by atoms with Crippen molar-refractivity contribution in [3.8, 4) is 11.3 Å². The van der Waals surface area contributed by atoms with E-state index in [0.29, 0.717) is 11.5 Å². The van der Waals surface area contributed by atoms with Crippen LogP contribution in [0.5, 0.6) is 0 Å². The Bertz CT molecular complexity index is 718. The Balaban J connectivity index is 1.98. The van der Waals surface area contributed by atoms with Gasteiger partial charge in [0.15, 0.2) is 11.5 Å². The Kier molecular flexibility index (Phi) is 3.20. The molecule has 0 aliphatic carbocycles. The first-order valence-electron chi connectivity index (χ1n) is 6.05. The Morgan fingerprint density at radius 2 is 1.70 bits per heavy atom. The molecule has 6 heteroatoms. The maximum Gasteiger partial charge on any atom is 0.173 e. The summed E-state index contributed by atoms with van der Waals surface area (Å²) in [6.07, 6.45) is 3.40. The number of nitrogens with one attached hydrogen (secondary N) is 1. The number of rotatable bonds is 3. The Labute approximate surface area is 115 Å². The highest BCUT2D eigenvalue weighted by Crippen LogP contribution is 2.33. The number of nitrogens with zero attached hydrogens (tertiary/aromatic N) is 4. The molecule has 6 nitrogen and oxygen atoms in total. The van der Waals surface area contributed by atoms with Crippen molar-refractivity contribution in [1.29, 1.82) is 0 Å². The molecular weight excluding hydrogens is 252 g/mol. The highest BCUT2D eigenvalue weighted by atomic mass is 15.2. The van der Waals surface area contributed by atoms with Crippen molar-refractivity contribution in [2.75, 3.05) is 5.73 Å². The van der Waals surface area contributed by atoms with Crippen LogP contribution in [0.4, 0.5) is 17.2 Å². The standard InChI is InChI=1S/C14H12N6/c15-14-13(19-17-11-4-2-1-3-5-11)12(18-20-14)10-6-8-16-9-7-10/h1-9H,(H3,15,18,20). The fourth-order valence-corrected chi connectivity index (χ4v) is 1.77. The number of benzene rings is 1. The van der Waals surface area contributed by atoms with Gasteiger partial charge in [-0.1, -0.05) is 18.2 Å². The average molecular weight is 264 g/mol. The number of hydrogen-bond donors (Lipinski definition) is 2. The van der Waals surface area contributed by atoms with Gasteiger partial charge in [-0.2, -0.15) is 10.2 Å². The third-order valence-corrected chi connectivity index (χ3v) is 2.76. The van der Waals surface area contributed by atoms with Crippen LogP contribution in [0.3, 0.4) is 0 Å². The molecule has 0 saturated carbocycles. The second-order valence-electron chi connectivity index (χ2n) is 4.10. The maximum absolute atomic E-state index is 5.83. The summed E-state index contributed by atoms with van der Waals surface area (Å²) < 4.78 is 0. The third-order valence-electron chi connectivity index (χ3n) is 2.76. The van der Waals surface area contributed by atoms with Crippen molar-refractivity contribution < 1.29 is 0 Å². The lowest BCUT2D eigenvalue weighted by atomic mass is 10.2. The van der Waals surface area contributed by atoms with Crippen LogP contribution in [-0.2, 0) is 0 Å². The second-order valence-corrected chi connectivity index (χ2v) is 4.10. The van der Waals surface area contributed by atoms with Gasteiger partial charge in [0, 0.05) is 18.0 Å². The second kappa shape index (κ2) is 5.31. The number of azo groups is 1. The lowest BCUT2D eigenvalue weighted by molar-refractivity contribution is 1.10. The predicted molar refractivity (Wildman–Crippen MR) is 76.8 cm³/mol. The van der Waals surface area contributed by atoms with E-state index in [9.17, 15) is 0 Å². The number of nitrogen functional groups attached to an aromatic ring is 1. The molecule has 0 aliphatic rings. The number of aromatic amines is 1. The largest absolute Gasteiger partial charge is 0.380 e. The van der Waals surface area contributed by atoms with Crippen LogP contribution in [-0.4, -0.2) is 15.2 Å². The van der Waals surface area contributed by atoms with Crippen molar-refractivity contribution in [3.05, 3.63) is 54.9 Å². The van der Waals surface area contributed by atoms with E-state index in [1.165, 1.54) is 0 Å². The van der Waals surface area contributed by atoms with E-state index >= 15 is 0 Å². The summed E-state index contributed by atoms with van der Waals surface area (Å²) in [5, 5.41) is 15.2. The number of anilines is 1. The van der Waals surface area contributed by atoms with Gasteiger partial charge in [-0.3, -0.25) is 10.1 Å². The lowest BCUT2D eigenvalue weighted by Gasteiger charge is -1.98. The quantitative estimate of drug-likeness (QED) is 0.709. The Hall–Kier alpha value is -3.02. The van der Waals surface area contributed by atoms with Gasteiger partial charge in [-0.25, -0.2) is 0 Å². The smallest absolute Gasteiger partial charge is 0.173 e. The van der Waals surface area contributed by atoms with Crippen LogP contribution in [0.15, 0.2) is 65.1 Å². The van der Waals surface area contributed by atoms with E-state index in [1.54, 1.807) is 12.4 Å². The van der Waals surface area contributed by atoms with E-state index in [-0.39, 0.29) is 0 Å². The molecule has 2 heterocycles. The van der Waals surface area contributed by atoms with Crippen molar-refractivity contribution in [2.24, 2.45) is 10.2 Å². The van der Waals surface area contributed by atoms with Crippen LogP contribution in [0.25, 0.3) is 11.3 Å². The molecule has 0 spiro atoms. The number of aromatic nitrogens is 3. The van der Waals surface area contributed by atoms with Crippen LogP contribution in [0.1, 0.15) is 0 Å². The number of nitrogens with two attached hydrogens (primary N) is 1. The molecule has 0 radical (unpaired) electrons. The van der Waals surface area contributed by atoms with E-state index < -0.39 is 0 Å². The van der Waals surface area contributed by atoms with Crippen molar-refractivity contribution >= 4 is 17.2 Å². The van der Waals surface area contributed by atoms with Crippen LogP contribution in [0, 0.1) is 0 Å². The monoisotopic (exact) mass is 264 g/mol. The molecule has 0 atom stereocenters. The molecule has 0 unspecified atom stereocenters. The molecule has 98 valence electrons. The lowest BCUT2D eigenvalue weighted by Crippen LogP contribution is -1.83. The molecule has 0 fully saturated rings. The zero-order chi connectivity index (χ0) is 13.8. The number of H-pyrrole nitrogens is 1. The topological polar surface area (TPSA) is 92.3 Å². The molecule has 0 saturated heterocycles. The van der Waals surface area contributed by atoms with Crippen molar-refractivity contribution in [2.45, 2.75) is 0 Å². The van der Waals surface area contributed by atoms with Gasteiger partial charge < -0.3 is 5.73 Å². The zero-order valence-corrected chi connectivity index (χ0v) is 10.6. The van der Waals surface area contributed by atoms with Gasteiger partial charge in [0.25, 0.3) is 0 Å². The summed E-state index contributed by atoms with van der Waals surface area (Å²) in [5.74, 6) is 0.316. The molecule has 0 aliphatic heterocycles. The molecular formula is C14H12N6. The molecule has 2 aromatic heterocycles. The predicted octanol–water partition coefficient (Wildman–Crippen LogP) is 3.47. The third kappa shape index (κ3) is 2.39. The molecule has 3 aromatic rings. The summed E-state index contributed by atoms with van der Waals surface area (Å²) in [6, 6.07) is 13.2. The fourth-order valence-electron chi connectivity index (χ4n) is 1.77. The SMILES string of the molecule is Nc1n[nH]c(-c2ccncc2)c1N=Nc1ccccc1. The van der Waals surface area contributed by atoms with Crippen LogP contribution >= 0.6 is 0 Å². The Morgan fingerprint density at radius 1 is 0.950 bits per heavy atom. The minimum atomic E-state index is 0.316. The summed E-state index contributed by atoms with van der Waals surface area (Å²) in [7, 11) is 0. The van der Waals surface area contributed by atoms with Gasteiger partial charge >= 0.3 is 0 Å². The van der Waals surface area contributed by atoms with Crippen LogP contribution in [0.2, 0.25) is 0 Å². The highest BCUT2D eigenvalue weighted by Gasteiger charge is 2.12. The zero-order valence-electron chi connectivity index (χ0n) is 10.6. The van der Waals surface area contributed by atoms with Gasteiger partial charge in [-0.05, 0) is 24.3 Å². The fraction of sp³-hybridized carbons (Fsp3) is 0. The first-order chi connectivity index (χ1) is 9.84. The van der Waals surface area contributed by atoms with E-state index in [4.69, 9.17) is 5.73 Å². The molecule has 20 heavy (non-hydrogen) atoms. The van der Waals surface area contributed by atoms with E-state index in [1.807, 2.05) is 42.5 Å². The van der Waals surface area contributed by atoms with Gasteiger partial charge in [0.2, 0.25) is 0 Å². The summed E-state index contributed by atoms with van der Waals surface area (Å²) in [6.45, 7) is 0.